The van der Waals surface area contributed by atoms with Crippen molar-refractivity contribution in [1.82, 2.24) is 0 Å². The fourth-order valence-corrected chi connectivity index (χ4v) is 1.46. The molecular formula is C12H16O3. The van der Waals surface area contributed by atoms with Crippen molar-refractivity contribution in [2.24, 2.45) is 0 Å². The Morgan fingerprint density at radius 2 is 2.13 bits per heavy atom. The van der Waals surface area contributed by atoms with Gasteiger partial charge in [-0.05, 0) is 37.1 Å². The van der Waals surface area contributed by atoms with Crippen LogP contribution in [0.2, 0.25) is 0 Å². The summed E-state index contributed by atoms with van der Waals surface area (Å²) in [5, 5.41) is 9.32. The topological polar surface area (TPSA) is 46.5 Å². The van der Waals surface area contributed by atoms with Crippen molar-refractivity contribution in [2.75, 3.05) is 6.61 Å². The van der Waals surface area contributed by atoms with Gasteiger partial charge in [-0.2, -0.15) is 0 Å². The molecule has 0 aliphatic rings. The van der Waals surface area contributed by atoms with Gasteiger partial charge in [0.1, 0.15) is 5.75 Å². The van der Waals surface area contributed by atoms with Gasteiger partial charge in [-0.3, -0.25) is 0 Å². The van der Waals surface area contributed by atoms with Crippen LogP contribution in [0.25, 0.3) is 0 Å². The summed E-state index contributed by atoms with van der Waals surface area (Å²) >= 11 is 0. The Kier molecular flexibility index (Phi) is 4.16. The molecule has 1 N–H and O–H groups in total. The Hall–Kier alpha value is -1.51. The van der Waals surface area contributed by atoms with Crippen molar-refractivity contribution in [3.05, 3.63) is 29.3 Å². The predicted octanol–water partition coefficient (Wildman–Crippen LogP) is 2.52. The number of carbonyl (C=O) groups excluding carboxylic acids is 1. The van der Waals surface area contributed by atoms with Crippen molar-refractivity contribution in [3.8, 4) is 5.75 Å². The third kappa shape index (κ3) is 2.98. The van der Waals surface area contributed by atoms with E-state index in [-0.39, 0.29) is 11.7 Å². The first-order valence-electron chi connectivity index (χ1n) is 5.18. The van der Waals surface area contributed by atoms with Crippen molar-refractivity contribution >= 4 is 5.97 Å². The molecule has 0 saturated heterocycles. The van der Waals surface area contributed by atoms with E-state index in [9.17, 15) is 9.90 Å². The molecule has 1 rings (SSSR count). The minimum atomic E-state index is -0.319. The predicted molar refractivity (Wildman–Crippen MR) is 58.1 cm³/mol. The first-order valence-corrected chi connectivity index (χ1v) is 5.18. The number of aromatic hydroxyl groups is 1. The van der Waals surface area contributed by atoms with Gasteiger partial charge in [0, 0.05) is 0 Å². The van der Waals surface area contributed by atoms with Crippen LogP contribution in [0.4, 0.5) is 0 Å². The molecule has 0 unspecified atom stereocenters. The summed E-state index contributed by atoms with van der Waals surface area (Å²) < 4.78 is 4.93. The number of rotatable bonds is 4. The first kappa shape index (κ1) is 11.6. The maximum absolute atomic E-state index is 11.5. The largest absolute Gasteiger partial charge is 0.508 e. The molecule has 1 aromatic carbocycles. The number of phenolic OH excluding ortho intramolecular Hbond substituents is 1. The summed E-state index contributed by atoms with van der Waals surface area (Å²) in [5.41, 5.74) is 1.40. The van der Waals surface area contributed by atoms with Gasteiger partial charge in [-0.15, -0.1) is 0 Å². The van der Waals surface area contributed by atoms with Crippen molar-refractivity contribution in [1.29, 1.82) is 0 Å². The number of hydrogen-bond acceptors (Lipinski definition) is 3. The summed E-state index contributed by atoms with van der Waals surface area (Å²) in [6.07, 6.45) is 1.69. The summed E-state index contributed by atoms with van der Waals surface area (Å²) in [6, 6.07) is 4.74. The highest BCUT2D eigenvalue weighted by molar-refractivity contribution is 5.91. The van der Waals surface area contributed by atoms with Gasteiger partial charge in [0.15, 0.2) is 0 Å². The second-order valence-corrected chi connectivity index (χ2v) is 3.31. The summed E-state index contributed by atoms with van der Waals surface area (Å²) in [6.45, 7) is 4.17. The molecule has 0 saturated carbocycles. The molecule has 0 spiro atoms. The molecule has 3 nitrogen and oxygen atoms in total. The molecule has 0 amide bonds. The maximum atomic E-state index is 11.5. The fraction of sp³-hybridized carbons (Fsp3) is 0.417. The number of hydrogen-bond donors (Lipinski definition) is 1. The lowest BCUT2D eigenvalue weighted by Crippen LogP contribution is -2.07. The van der Waals surface area contributed by atoms with Crippen LogP contribution in [0, 0.1) is 0 Å². The van der Waals surface area contributed by atoms with Gasteiger partial charge in [0.2, 0.25) is 0 Å². The fourth-order valence-electron chi connectivity index (χ4n) is 1.46. The zero-order valence-electron chi connectivity index (χ0n) is 9.12. The molecule has 0 radical (unpaired) electrons. The van der Waals surface area contributed by atoms with Crippen LogP contribution in [0.15, 0.2) is 18.2 Å². The molecule has 0 heterocycles. The average Bonchev–Trinajstić information content (AvgIpc) is 2.18. The third-order valence-corrected chi connectivity index (χ3v) is 2.10. The molecule has 82 valence electrons. The van der Waals surface area contributed by atoms with E-state index >= 15 is 0 Å². The molecule has 0 bridgehead atoms. The Morgan fingerprint density at radius 1 is 1.40 bits per heavy atom. The maximum Gasteiger partial charge on any atom is 0.338 e. The van der Waals surface area contributed by atoms with Crippen LogP contribution < -0.4 is 0 Å². The molecule has 0 fully saturated rings. The molecule has 0 atom stereocenters. The molecule has 0 aliphatic carbocycles. The quantitative estimate of drug-likeness (QED) is 0.773. The van der Waals surface area contributed by atoms with E-state index in [4.69, 9.17) is 4.74 Å². The van der Waals surface area contributed by atoms with Crippen molar-refractivity contribution < 1.29 is 14.6 Å². The van der Waals surface area contributed by atoms with Crippen LogP contribution in [-0.4, -0.2) is 17.7 Å². The van der Waals surface area contributed by atoms with E-state index in [2.05, 4.69) is 0 Å². The van der Waals surface area contributed by atoms with Gasteiger partial charge in [-0.1, -0.05) is 13.3 Å². The van der Waals surface area contributed by atoms with Crippen molar-refractivity contribution in [2.45, 2.75) is 26.7 Å². The summed E-state index contributed by atoms with van der Waals surface area (Å²) in [4.78, 5) is 11.5. The molecule has 0 aliphatic heterocycles. The van der Waals surface area contributed by atoms with Gasteiger partial charge in [0.05, 0.1) is 12.2 Å². The third-order valence-electron chi connectivity index (χ3n) is 2.10. The second kappa shape index (κ2) is 5.39. The first-order chi connectivity index (χ1) is 7.19. The number of phenols is 1. The van der Waals surface area contributed by atoms with Crippen LogP contribution in [-0.2, 0) is 11.2 Å². The number of ether oxygens (including phenoxy) is 1. The second-order valence-electron chi connectivity index (χ2n) is 3.31. The van der Waals surface area contributed by atoms with E-state index in [0.29, 0.717) is 12.2 Å². The highest BCUT2D eigenvalue weighted by Crippen LogP contribution is 2.19. The van der Waals surface area contributed by atoms with Gasteiger partial charge < -0.3 is 9.84 Å². The lowest BCUT2D eigenvalue weighted by atomic mass is 10.0. The van der Waals surface area contributed by atoms with Gasteiger partial charge >= 0.3 is 5.97 Å². The van der Waals surface area contributed by atoms with Gasteiger partial charge in [-0.25, -0.2) is 4.79 Å². The van der Waals surface area contributed by atoms with E-state index in [1.54, 1.807) is 19.1 Å². The zero-order chi connectivity index (χ0) is 11.3. The van der Waals surface area contributed by atoms with Crippen LogP contribution in [0.5, 0.6) is 5.75 Å². The Balaban J connectivity index is 2.99. The van der Waals surface area contributed by atoms with Gasteiger partial charge in [0.25, 0.3) is 0 Å². The monoisotopic (exact) mass is 208 g/mol. The number of carbonyl (C=O) groups is 1. The number of benzene rings is 1. The Labute approximate surface area is 89.7 Å². The minimum absolute atomic E-state index is 0.187. The van der Waals surface area contributed by atoms with Crippen LogP contribution >= 0.6 is 0 Å². The van der Waals surface area contributed by atoms with E-state index in [0.717, 1.165) is 18.4 Å². The smallest absolute Gasteiger partial charge is 0.338 e. The molecular weight excluding hydrogens is 192 g/mol. The van der Waals surface area contributed by atoms with E-state index in [1.807, 2.05) is 6.92 Å². The minimum Gasteiger partial charge on any atom is -0.508 e. The SMILES string of the molecule is CCCc1cc(O)ccc1C(=O)OCC. The highest BCUT2D eigenvalue weighted by atomic mass is 16.5. The zero-order valence-corrected chi connectivity index (χ0v) is 9.12. The molecule has 3 heteroatoms. The Morgan fingerprint density at radius 3 is 2.73 bits per heavy atom. The highest BCUT2D eigenvalue weighted by Gasteiger charge is 2.12. The van der Waals surface area contributed by atoms with Crippen molar-refractivity contribution in [3.63, 3.8) is 0 Å². The standard InChI is InChI=1S/C12H16O3/c1-3-5-9-8-10(13)6-7-11(9)12(14)15-4-2/h6-8,13H,3-5H2,1-2H3. The molecule has 1 aromatic rings. The van der Waals surface area contributed by atoms with Crippen LogP contribution in [0.1, 0.15) is 36.2 Å². The molecule has 0 aromatic heterocycles. The lowest BCUT2D eigenvalue weighted by molar-refractivity contribution is 0.0525. The van der Waals surface area contributed by atoms with E-state index in [1.165, 1.54) is 6.07 Å². The number of aryl methyl sites for hydroxylation is 1. The average molecular weight is 208 g/mol. The molecule has 15 heavy (non-hydrogen) atoms. The normalized spacial score (nSPS) is 10.0. The summed E-state index contributed by atoms with van der Waals surface area (Å²) in [5.74, 6) is -0.132. The Bertz CT molecular complexity index is 345. The lowest BCUT2D eigenvalue weighted by Gasteiger charge is -2.08. The number of esters is 1. The van der Waals surface area contributed by atoms with Crippen LogP contribution in [0.3, 0.4) is 0 Å². The van der Waals surface area contributed by atoms with E-state index < -0.39 is 0 Å². The summed E-state index contributed by atoms with van der Waals surface area (Å²) in [7, 11) is 0.